The van der Waals surface area contributed by atoms with E-state index in [0.717, 1.165) is 23.3 Å². The van der Waals surface area contributed by atoms with Gasteiger partial charge in [0.25, 0.3) is 0 Å². The fraction of sp³-hybridized carbons (Fsp3) is 0.195. The van der Waals surface area contributed by atoms with Crippen LogP contribution in [0.15, 0.2) is 122 Å². The molecule has 4 aromatic carbocycles. The molecule has 268 valence electrons. The molecule has 0 aliphatic rings. The van der Waals surface area contributed by atoms with Crippen LogP contribution in [0.4, 0.5) is 0 Å². The number of benzene rings is 4. The summed E-state index contributed by atoms with van der Waals surface area (Å²) in [7, 11) is 0. The van der Waals surface area contributed by atoms with Crippen LogP contribution in [0.3, 0.4) is 0 Å². The summed E-state index contributed by atoms with van der Waals surface area (Å²) in [5.74, 6) is -1.64. The molecule has 0 bridgehead atoms. The van der Waals surface area contributed by atoms with Crippen LogP contribution in [0.2, 0.25) is 0 Å². The van der Waals surface area contributed by atoms with Gasteiger partial charge in [-0.05, 0) is 96.8 Å². The first-order chi connectivity index (χ1) is 25.1. The summed E-state index contributed by atoms with van der Waals surface area (Å²) in [4.78, 5) is 60.0. The Morgan fingerprint density at radius 2 is 0.923 bits per heavy atom. The predicted molar refractivity (Wildman–Crippen MR) is 191 cm³/mol. The smallest absolute Gasteiger partial charge is 0.343 e. The third kappa shape index (κ3) is 12.1. The normalized spacial score (nSPS) is 10.9. The second-order valence-corrected chi connectivity index (χ2v) is 11.4. The Bertz CT molecular complexity index is 1840. The van der Waals surface area contributed by atoms with Crippen LogP contribution in [0, 0.1) is 5.92 Å². The Morgan fingerprint density at radius 1 is 0.519 bits per heavy atom. The Morgan fingerprint density at radius 3 is 1.46 bits per heavy atom. The van der Waals surface area contributed by atoms with E-state index in [1.807, 2.05) is 0 Å². The average Bonchev–Trinajstić information content (AvgIpc) is 3.17. The van der Waals surface area contributed by atoms with Crippen LogP contribution in [0.1, 0.15) is 50.8 Å². The largest absolute Gasteiger partial charge is 0.494 e. The van der Waals surface area contributed by atoms with Crippen LogP contribution in [0.5, 0.6) is 17.2 Å². The van der Waals surface area contributed by atoms with E-state index in [0.29, 0.717) is 48.7 Å². The molecule has 0 heterocycles. The lowest BCUT2D eigenvalue weighted by Crippen LogP contribution is -2.18. The molecule has 52 heavy (non-hydrogen) atoms. The van der Waals surface area contributed by atoms with Crippen molar-refractivity contribution in [2.45, 2.75) is 19.8 Å². The molecule has 0 radical (unpaired) electrons. The van der Waals surface area contributed by atoms with Crippen LogP contribution in [-0.4, -0.2) is 56.3 Å². The summed E-state index contributed by atoms with van der Waals surface area (Å²) in [5.41, 5.74) is 2.64. The quantitative estimate of drug-likeness (QED) is 0.0341. The highest BCUT2D eigenvalue weighted by Gasteiger charge is 2.14. The van der Waals surface area contributed by atoms with E-state index in [-0.39, 0.29) is 30.4 Å². The minimum absolute atomic E-state index is 0.0951. The Balaban J connectivity index is 1.20. The molecule has 11 heteroatoms. The molecule has 0 amide bonds. The lowest BCUT2D eigenvalue weighted by Gasteiger charge is -2.12. The first-order valence-corrected chi connectivity index (χ1v) is 16.4. The number of rotatable bonds is 18. The zero-order chi connectivity index (χ0) is 37.3. The van der Waals surface area contributed by atoms with Crippen molar-refractivity contribution in [2.75, 3.05) is 26.4 Å². The highest BCUT2D eigenvalue weighted by molar-refractivity contribution is 5.93. The van der Waals surface area contributed by atoms with Gasteiger partial charge in [-0.2, -0.15) is 0 Å². The average molecular weight is 707 g/mol. The van der Waals surface area contributed by atoms with Crippen LogP contribution in [0.25, 0.3) is 11.1 Å². The third-order valence-electron chi connectivity index (χ3n) is 7.30. The standard InChI is InChI=1S/C41H38O11/c1-4-37(42)48-25-7-6-24-47-34-18-14-32(15-19-34)40(45)52-36-22-16-33(17-23-36)41(46)51-35-20-12-30(13-21-35)29-8-10-31(11-9-29)39(44)50-27-28(3)26-49-38(43)5-2/h4-5,8-23,28H,1-2,6-7,24-27H2,3H3. The maximum atomic E-state index is 12.8. The molecule has 1 atom stereocenters. The molecule has 0 N–H and O–H groups in total. The molecular formula is C41H38O11. The first-order valence-electron chi connectivity index (χ1n) is 16.4. The summed E-state index contributed by atoms with van der Waals surface area (Å²) in [6.45, 7) is 9.40. The topological polar surface area (TPSA) is 141 Å². The highest BCUT2D eigenvalue weighted by atomic mass is 16.6. The van der Waals surface area contributed by atoms with Crippen molar-refractivity contribution in [3.8, 4) is 28.4 Å². The van der Waals surface area contributed by atoms with Gasteiger partial charge in [0.2, 0.25) is 0 Å². The number of unbranched alkanes of at least 4 members (excludes halogenated alkanes) is 1. The van der Waals surface area contributed by atoms with E-state index < -0.39 is 29.8 Å². The van der Waals surface area contributed by atoms with Gasteiger partial charge in [0, 0.05) is 18.1 Å². The molecule has 1 unspecified atom stereocenters. The summed E-state index contributed by atoms with van der Waals surface area (Å²) in [6, 6.07) is 26.3. The van der Waals surface area contributed by atoms with Gasteiger partial charge in [-0.15, -0.1) is 0 Å². The molecular weight excluding hydrogens is 668 g/mol. The van der Waals surface area contributed by atoms with Gasteiger partial charge in [0.05, 0.1) is 43.1 Å². The van der Waals surface area contributed by atoms with Crippen LogP contribution >= 0.6 is 0 Å². The van der Waals surface area contributed by atoms with E-state index >= 15 is 0 Å². The molecule has 4 aromatic rings. The van der Waals surface area contributed by atoms with Gasteiger partial charge in [0.15, 0.2) is 0 Å². The number of hydrogen-bond donors (Lipinski definition) is 0. The van der Waals surface area contributed by atoms with Crippen molar-refractivity contribution in [3.63, 3.8) is 0 Å². The molecule has 11 nitrogen and oxygen atoms in total. The van der Waals surface area contributed by atoms with Crippen LogP contribution in [-0.2, 0) is 23.8 Å². The second kappa shape index (κ2) is 19.6. The Kier molecular flexibility index (Phi) is 14.5. The van der Waals surface area contributed by atoms with E-state index in [9.17, 15) is 24.0 Å². The highest BCUT2D eigenvalue weighted by Crippen LogP contribution is 2.24. The molecule has 0 aliphatic carbocycles. The molecule has 0 spiro atoms. The van der Waals surface area contributed by atoms with Gasteiger partial charge in [0.1, 0.15) is 17.2 Å². The maximum absolute atomic E-state index is 12.8. The number of hydrogen-bond acceptors (Lipinski definition) is 11. The molecule has 0 saturated heterocycles. The van der Waals surface area contributed by atoms with E-state index in [1.165, 1.54) is 24.3 Å². The lowest BCUT2D eigenvalue weighted by atomic mass is 10.0. The molecule has 0 fully saturated rings. The number of ether oxygens (including phenoxy) is 6. The number of carbonyl (C=O) groups excluding carboxylic acids is 5. The summed E-state index contributed by atoms with van der Waals surface area (Å²) >= 11 is 0. The summed E-state index contributed by atoms with van der Waals surface area (Å²) in [5, 5.41) is 0. The van der Waals surface area contributed by atoms with Crippen molar-refractivity contribution in [1.82, 2.24) is 0 Å². The van der Waals surface area contributed by atoms with Crippen LogP contribution < -0.4 is 14.2 Å². The van der Waals surface area contributed by atoms with Gasteiger partial charge in [-0.25, -0.2) is 24.0 Å². The van der Waals surface area contributed by atoms with E-state index in [1.54, 1.807) is 79.7 Å². The minimum Gasteiger partial charge on any atom is -0.494 e. The SMILES string of the molecule is C=CC(=O)OCCCCOc1ccc(C(=O)Oc2ccc(C(=O)Oc3ccc(-c4ccc(C(=O)OCC(C)COC(=O)C=C)cc4)cc3)cc2)cc1. The summed E-state index contributed by atoms with van der Waals surface area (Å²) in [6.07, 6.45) is 3.52. The number of esters is 5. The monoisotopic (exact) mass is 706 g/mol. The molecule has 0 saturated carbocycles. The van der Waals surface area contributed by atoms with Crippen molar-refractivity contribution < 1.29 is 52.4 Å². The van der Waals surface area contributed by atoms with Crippen molar-refractivity contribution in [1.29, 1.82) is 0 Å². The van der Waals surface area contributed by atoms with Crippen molar-refractivity contribution in [3.05, 3.63) is 139 Å². The fourth-order valence-electron chi connectivity index (χ4n) is 4.45. The van der Waals surface area contributed by atoms with Gasteiger partial charge < -0.3 is 28.4 Å². The van der Waals surface area contributed by atoms with Crippen molar-refractivity contribution in [2.24, 2.45) is 5.92 Å². The maximum Gasteiger partial charge on any atom is 0.343 e. The predicted octanol–water partition coefficient (Wildman–Crippen LogP) is 7.20. The zero-order valence-electron chi connectivity index (χ0n) is 28.6. The molecule has 0 aliphatic heterocycles. The summed E-state index contributed by atoms with van der Waals surface area (Å²) < 4.78 is 31.8. The van der Waals surface area contributed by atoms with E-state index in [2.05, 4.69) is 13.2 Å². The van der Waals surface area contributed by atoms with Crippen molar-refractivity contribution >= 4 is 29.8 Å². The first kappa shape index (κ1) is 38.3. The Hall–Kier alpha value is -6.49. The molecule has 4 rings (SSSR count). The second-order valence-electron chi connectivity index (χ2n) is 11.4. The Labute approximate surface area is 301 Å². The fourth-order valence-corrected chi connectivity index (χ4v) is 4.45. The van der Waals surface area contributed by atoms with Gasteiger partial charge in [-0.3, -0.25) is 0 Å². The van der Waals surface area contributed by atoms with Gasteiger partial charge >= 0.3 is 29.8 Å². The zero-order valence-corrected chi connectivity index (χ0v) is 28.6. The van der Waals surface area contributed by atoms with E-state index in [4.69, 9.17) is 28.4 Å². The molecule has 0 aromatic heterocycles. The van der Waals surface area contributed by atoms with Gasteiger partial charge in [-0.1, -0.05) is 44.3 Å². The third-order valence-corrected chi connectivity index (χ3v) is 7.30. The number of carbonyl (C=O) groups is 5. The lowest BCUT2D eigenvalue weighted by molar-refractivity contribution is -0.139. The minimum atomic E-state index is -0.588.